The number of hydrogen-bond donors (Lipinski definition) is 3. The van der Waals surface area contributed by atoms with Crippen molar-refractivity contribution in [3.05, 3.63) is 99.5 Å². The first-order chi connectivity index (χ1) is 29.9. The van der Waals surface area contributed by atoms with Crippen molar-refractivity contribution in [1.29, 1.82) is 0 Å². The largest absolute Gasteiger partial charge is 0.384 e. The smallest absolute Gasteiger partial charge is 0.264 e. The van der Waals surface area contributed by atoms with Crippen LogP contribution in [0.1, 0.15) is 106 Å². The van der Waals surface area contributed by atoms with Gasteiger partial charge in [-0.05, 0) is 92.1 Å². The molecule has 4 aromatic rings. The number of unbranched alkanes of at least 4 members (excludes halogenated alkanes) is 4. The van der Waals surface area contributed by atoms with E-state index in [2.05, 4.69) is 31.9 Å². The molecule has 0 spiro atoms. The minimum atomic E-state index is -1.00. The monoisotopic (exact) mass is 922 g/mol. The van der Waals surface area contributed by atoms with Gasteiger partial charge in [-0.25, -0.2) is 0 Å². The van der Waals surface area contributed by atoms with Gasteiger partial charge in [0.05, 0.1) is 11.1 Å². The van der Waals surface area contributed by atoms with E-state index in [-0.39, 0.29) is 61.2 Å². The van der Waals surface area contributed by atoms with Crippen LogP contribution in [-0.2, 0) is 19.2 Å². The number of rotatable bonds is 19. The maximum Gasteiger partial charge on any atom is 0.264 e. The molecule has 0 saturated carbocycles. The summed E-state index contributed by atoms with van der Waals surface area (Å²) in [6, 6.07) is 21.1. The number of piperidine rings is 1. The van der Waals surface area contributed by atoms with Crippen LogP contribution in [0.2, 0.25) is 0 Å². The highest BCUT2D eigenvalue weighted by molar-refractivity contribution is 9.10. The van der Waals surface area contributed by atoms with Gasteiger partial charge in [0.25, 0.3) is 29.5 Å². The van der Waals surface area contributed by atoms with Gasteiger partial charge < -0.3 is 16.0 Å². The van der Waals surface area contributed by atoms with Crippen molar-refractivity contribution in [2.45, 2.75) is 80.0 Å². The summed E-state index contributed by atoms with van der Waals surface area (Å²) < 4.78 is 0.979. The van der Waals surface area contributed by atoms with Crippen LogP contribution in [0, 0.1) is 0 Å². The van der Waals surface area contributed by atoms with Crippen LogP contribution in [0.25, 0.3) is 10.8 Å². The second-order valence-electron chi connectivity index (χ2n) is 15.5. The summed E-state index contributed by atoms with van der Waals surface area (Å²) in [6.07, 6.45) is 5.10. The summed E-state index contributed by atoms with van der Waals surface area (Å²) in [7, 11) is 1.36. The first kappa shape index (κ1) is 44.2. The van der Waals surface area contributed by atoms with Crippen molar-refractivity contribution in [2.75, 3.05) is 38.5 Å². The number of carbonyl (C=O) groups excluding carboxylic acids is 8. The molecule has 0 bridgehead atoms. The van der Waals surface area contributed by atoms with E-state index in [0.29, 0.717) is 54.6 Å². The van der Waals surface area contributed by atoms with E-state index in [4.69, 9.17) is 0 Å². The Morgan fingerprint density at radius 3 is 2.06 bits per heavy atom. The minimum absolute atomic E-state index is 0.0403. The van der Waals surface area contributed by atoms with Crippen LogP contribution >= 0.6 is 27.7 Å². The topological polar surface area (TPSA) is 182 Å². The molecule has 1 fully saturated rings. The molecule has 7 rings (SSSR count). The average molecular weight is 924 g/mol. The first-order valence-electron chi connectivity index (χ1n) is 20.9. The highest BCUT2D eigenvalue weighted by Gasteiger charge is 2.47. The fraction of sp³-hybridized carbons (Fsp3) is 0.348. The number of nitrogens with one attached hydrogen (secondary N) is 3. The predicted octanol–water partition coefficient (Wildman–Crippen LogP) is 6.56. The SMILES string of the molecule is CN1C(=O)CCC(N2C(=O)c3cccc(NCCCCCCNC(=O)CCCCC(=O)NCCN4C(=O)c5cccc6c(Sc7ccc(Br)cc7)ccc(c56)C4=O)c3C2=O)C1=O. The summed E-state index contributed by atoms with van der Waals surface area (Å²) in [4.78, 5) is 108. The Kier molecular flexibility index (Phi) is 14.2. The van der Waals surface area contributed by atoms with E-state index in [1.807, 2.05) is 42.5 Å². The Balaban J connectivity index is 0.749. The van der Waals surface area contributed by atoms with Crippen molar-refractivity contribution in [2.24, 2.45) is 0 Å². The third-order valence-electron chi connectivity index (χ3n) is 11.3. The quantitative estimate of drug-likeness (QED) is 0.0689. The zero-order chi connectivity index (χ0) is 43.9. The number of benzene rings is 4. The fourth-order valence-electron chi connectivity index (χ4n) is 8.02. The van der Waals surface area contributed by atoms with Gasteiger partial charge in [0.15, 0.2) is 0 Å². The molecular weight excluding hydrogens is 877 g/mol. The van der Waals surface area contributed by atoms with Crippen LogP contribution in [0.4, 0.5) is 5.69 Å². The van der Waals surface area contributed by atoms with E-state index < -0.39 is 35.6 Å². The maximum atomic E-state index is 13.5. The van der Waals surface area contributed by atoms with Gasteiger partial charge in [-0.15, -0.1) is 0 Å². The Morgan fingerprint density at radius 1 is 0.694 bits per heavy atom. The molecule has 3 aliphatic heterocycles. The molecule has 8 amide bonds. The number of imide groups is 3. The number of likely N-dealkylation sites (tertiary alicyclic amines) is 1. The number of likely N-dealkylation sites (N-methyl/N-ethyl adjacent to an activating group) is 1. The van der Waals surface area contributed by atoms with Crippen molar-refractivity contribution in [1.82, 2.24) is 25.3 Å². The molecule has 62 heavy (non-hydrogen) atoms. The van der Waals surface area contributed by atoms with Crippen molar-refractivity contribution in [3.8, 4) is 0 Å². The van der Waals surface area contributed by atoms with Crippen LogP contribution in [0.15, 0.2) is 87.1 Å². The normalized spacial score (nSPS) is 16.0. The lowest BCUT2D eigenvalue weighted by atomic mass is 9.94. The second-order valence-corrected chi connectivity index (χ2v) is 17.5. The van der Waals surface area contributed by atoms with Gasteiger partial charge in [-0.1, -0.05) is 58.7 Å². The molecule has 3 N–H and O–H groups in total. The van der Waals surface area contributed by atoms with Gasteiger partial charge in [0.1, 0.15) is 6.04 Å². The molecule has 16 heteroatoms. The summed E-state index contributed by atoms with van der Waals surface area (Å²) in [5, 5.41) is 10.5. The molecule has 3 heterocycles. The molecule has 1 atom stereocenters. The van der Waals surface area contributed by atoms with Crippen LogP contribution < -0.4 is 16.0 Å². The number of nitrogens with zero attached hydrogens (tertiary/aromatic N) is 3. The molecule has 14 nitrogen and oxygen atoms in total. The molecule has 0 radical (unpaired) electrons. The number of amides is 8. The lowest BCUT2D eigenvalue weighted by Crippen LogP contribution is -2.54. The van der Waals surface area contributed by atoms with E-state index in [1.165, 1.54) is 11.9 Å². The molecule has 4 aromatic carbocycles. The molecule has 0 aromatic heterocycles. The zero-order valence-corrected chi connectivity index (χ0v) is 36.7. The second kappa shape index (κ2) is 19.9. The Hall–Kier alpha value is -5.87. The Morgan fingerprint density at radius 2 is 1.34 bits per heavy atom. The number of anilines is 1. The van der Waals surface area contributed by atoms with Crippen LogP contribution in [0.3, 0.4) is 0 Å². The molecule has 3 aliphatic rings. The highest BCUT2D eigenvalue weighted by Crippen LogP contribution is 2.39. The number of hydrogen-bond acceptors (Lipinski definition) is 10. The lowest BCUT2D eigenvalue weighted by Gasteiger charge is -2.32. The molecule has 322 valence electrons. The van der Waals surface area contributed by atoms with E-state index in [1.54, 1.807) is 42.1 Å². The average Bonchev–Trinajstić information content (AvgIpc) is 3.52. The standard InChI is InChI=1S/C46H47BrN6O8S/c1-51-39(56)23-21-35(45(51)60)53-44(59)32-12-9-13-34(41(32)46(53)61)48-24-6-2-3-7-25-49-37(54)14-4-5-15-38(55)50-26-27-52-42(57)31-11-8-10-30-36(22-20-33(40(30)31)43(52)58)62-29-18-16-28(47)17-19-29/h8-13,16-20,22,35,48H,2-7,14-15,21,23-27H2,1H3,(H,49,54)(H,50,55). The van der Waals surface area contributed by atoms with Crippen molar-refractivity contribution < 1.29 is 38.4 Å². The zero-order valence-electron chi connectivity index (χ0n) is 34.3. The maximum absolute atomic E-state index is 13.5. The van der Waals surface area contributed by atoms with Crippen molar-refractivity contribution in [3.63, 3.8) is 0 Å². The number of carbonyl (C=O) groups is 8. The van der Waals surface area contributed by atoms with Gasteiger partial charge in [0, 0.05) is 89.0 Å². The van der Waals surface area contributed by atoms with Crippen molar-refractivity contribution >= 4 is 91.4 Å². The summed E-state index contributed by atoms with van der Waals surface area (Å²) >= 11 is 5.02. The third-order valence-corrected chi connectivity index (χ3v) is 12.9. The van der Waals surface area contributed by atoms with Gasteiger partial charge in [0.2, 0.25) is 17.7 Å². The van der Waals surface area contributed by atoms with Gasteiger partial charge in [-0.3, -0.25) is 53.1 Å². The highest BCUT2D eigenvalue weighted by atomic mass is 79.9. The fourth-order valence-corrected chi connectivity index (χ4v) is 9.23. The first-order valence-corrected chi connectivity index (χ1v) is 22.5. The van der Waals surface area contributed by atoms with E-state index >= 15 is 0 Å². The predicted molar refractivity (Wildman–Crippen MR) is 237 cm³/mol. The Labute approximate surface area is 371 Å². The molecular formula is C46H47BrN6O8S. The molecule has 0 aliphatic carbocycles. The van der Waals surface area contributed by atoms with Gasteiger partial charge >= 0.3 is 0 Å². The number of fused-ring (bicyclic) bond motifs is 1. The van der Waals surface area contributed by atoms with E-state index in [9.17, 15) is 38.4 Å². The third kappa shape index (κ3) is 9.60. The Bertz CT molecular complexity index is 2440. The summed E-state index contributed by atoms with van der Waals surface area (Å²) in [5.41, 5.74) is 1.91. The van der Waals surface area contributed by atoms with Crippen LogP contribution in [0.5, 0.6) is 0 Å². The number of halogens is 1. The van der Waals surface area contributed by atoms with Crippen LogP contribution in [-0.4, -0.2) is 101 Å². The molecule has 1 saturated heterocycles. The lowest BCUT2D eigenvalue weighted by molar-refractivity contribution is -0.149. The summed E-state index contributed by atoms with van der Waals surface area (Å²) in [6.45, 7) is 1.26. The van der Waals surface area contributed by atoms with Gasteiger partial charge in [-0.2, -0.15) is 0 Å². The molecule has 1 unspecified atom stereocenters. The van der Waals surface area contributed by atoms with E-state index in [0.717, 1.165) is 55.1 Å². The summed E-state index contributed by atoms with van der Waals surface area (Å²) in [5.74, 6) is -3.04. The minimum Gasteiger partial charge on any atom is -0.384 e.